The Morgan fingerprint density at radius 2 is 2.38 bits per heavy atom. The average molecular weight is 301 g/mol. The van der Waals surface area contributed by atoms with E-state index in [0.717, 1.165) is 18.5 Å². The van der Waals surface area contributed by atoms with Crippen molar-refractivity contribution in [1.82, 2.24) is 10.2 Å². The van der Waals surface area contributed by atoms with Crippen LogP contribution in [0.5, 0.6) is 0 Å². The molecule has 2 aliphatic rings. The fourth-order valence-electron chi connectivity index (χ4n) is 2.92. The fourth-order valence-corrected chi connectivity index (χ4v) is 4.45. The van der Waals surface area contributed by atoms with Crippen LogP contribution in [0.25, 0.3) is 0 Å². The molecule has 0 aromatic carbocycles. The highest BCUT2D eigenvalue weighted by Gasteiger charge is 2.33. The van der Waals surface area contributed by atoms with Crippen LogP contribution in [0.2, 0.25) is 0 Å². The number of nitrogens with zero attached hydrogens (tertiary/aromatic N) is 1. The summed E-state index contributed by atoms with van der Waals surface area (Å²) < 4.78 is 1.25. The average Bonchev–Trinajstić information content (AvgIpc) is 2.84. The van der Waals surface area contributed by atoms with Crippen molar-refractivity contribution in [3.05, 3.63) is 20.8 Å². The first kappa shape index (κ1) is 11.2. The first-order valence-corrected chi connectivity index (χ1v) is 7.62. The van der Waals surface area contributed by atoms with Gasteiger partial charge in [0, 0.05) is 30.6 Å². The second kappa shape index (κ2) is 4.77. The molecule has 16 heavy (non-hydrogen) atoms. The standard InChI is InChI=1S/C12H17BrN2S/c13-12-4-3-10(16-12)7-15-6-9-2-1-5-14-11(9)8-15/h3-4,9,11,14H,1-2,5-8H2. The van der Waals surface area contributed by atoms with Crippen LogP contribution in [0.1, 0.15) is 17.7 Å². The van der Waals surface area contributed by atoms with Gasteiger partial charge in [-0.25, -0.2) is 0 Å². The molecular formula is C12H17BrN2S. The molecule has 2 fully saturated rings. The number of hydrogen-bond donors (Lipinski definition) is 1. The molecule has 3 heterocycles. The van der Waals surface area contributed by atoms with E-state index in [0.29, 0.717) is 0 Å². The zero-order chi connectivity index (χ0) is 11.0. The maximum atomic E-state index is 3.65. The molecule has 88 valence electrons. The zero-order valence-electron chi connectivity index (χ0n) is 9.29. The van der Waals surface area contributed by atoms with E-state index in [9.17, 15) is 0 Å². The normalized spacial score (nSPS) is 30.6. The van der Waals surface area contributed by atoms with Gasteiger partial charge in [-0.2, -0.15) is 0 Å². The quantitative estimate of drug-likeness (QED) is 0.903. The molecule has 2 atom stereocenters. The summed E-state index contributed by atoms with van der Waals surface area (Å²) in [6.45, 7) is 4.87. The summed E-state index contributed by atoms with van der Waals surface area (Å²) in [6, 6.07) is 5.16. The topological polar surface area (TPSA) is 15.3 Å². The van der Waals surface area contributed by atoms with Gasteiger partial charge in [-0.3, -0.25) is 4.90 Å². The van der Waals surface area contributed by atoms with Gasteiger partial charge in [0.05, 0.1) is 3.79 Å². The number of hydrogen-bond acceptors (Lipinski definition) is 3. The molecule has 0 spiro atoms. The van der Waals surface area contributed by atoms with E-state index < -0.39 is 0 Å². The number of nitrogens with one attached hydrogen (secondary N) is 1. The Labute approximate surface area is 109 Å². The molecule has 2 nitrogen and oxygen atoms in total. The second-order valence-corrected chi connectivity index (χ2v) is 7.41. The predicted octanol–water partition coefficient (Wildman–Crippen LogP) is 2.69. The van der Waals surface area contributed by atoms with Crippen LogP contribution < -0.4 is 5.32 Å². The number of halogens is 1. The number of rotatable bonds is 2. The Hall–Kier alpha value is 0.1000. The smallest absolute Gasteiger partial charge is 0.0701 e. The van der Waals surface area contributed by atoms with Crippen molar-refractivity contribution < 1.29 is 0 Å². The maximum Gasteiger partial charge on any atom is 0.0701 e. The highest BCUT2D eigenvalue weighted by molar-refractivity contribution is 9.11. The van der Waals surface area contributed by atoms with Crippen molar-refractivity contribution in [2.45, 2.75) is 25.4 Å². The third-order valence-electron chi connectivity index (χ3n) is 3.68. The summed E-state index contributed by atoms with van der Waals surface area (Å²) in [5, 5.41) is 3.65. The lowest BCUT2D eigenvalue weighted by atomic mass is 9.94. The fraction of sp³-hybridized carbons (Fsp3) is 0.667. The Morgan fingerprint density at radius 1 is 1.44 bits per heavy atom. The number of fused-ring (bicyclic) bond motifs is 1. The minimum Gasteiger partial charge on any atom is -0.312 e. The molecule has 0 aliphatic carbocycles. The molecule has 2 aliphatic heterocycles. The Bertz CT molecular complexity index is 352. The lowest BCUT2D eigenvalue weighted by molar-refractivity contribution is 0.315. The molecule has 4 heteroatoms. The van der Waals surface area contributed by atoms with Gasteiger partial charge in [-0.1, -0.05) is 0 Å². The minimum absolute atomic E-state index is 0.761. The van der Waals surface area contributed by atoms with E-state index in [2.05, 4.69) is 38.3 Å². The van der Waals surface area contributed by atoms with Crippen molar-refractivity contribution in [1.29, 1.82) is 0 Å². The van der Waals surface area contributed by atoms with E-state index >= 15 is 0 Å². The van der Waals surface area contributed by atoms with Crippen LogP contribution in [0.3, 0.4) is 0 Å². The molecule has 0 bridgehead atoms. The van der Waals surface area contributed by atoms with Crippen molar-refractivity contribution in [3.8, 4) is 0 Å². The van der Waals surface area contributed by atoms with Crippen molar-refractivity contribution in [2.75, 3.05) is 19.6 Å². The summed E-state index contributed by atoms with van der Waals surface area (Å²) in [6.07, 6.45) is 2.78. The van der Waals surface area contributed by atoms with Crippen LogP contribution in [0.15, 0.2) is 15.9 Å². The van der Waals surface area contributed by atoms with Gasteiger partial charge in [-0.05, 0) is 53.4 Å². The first-order valence-electron chi connectivity index (χ1n) is 6.01. The van der Waals surface area contributed by atoms with E-state index in [1.165, 1.54) is 41.1 Å². The SMILES string of the molecule is Brc1ccc(CN2CC3CCCNC3C2)s1. The molecule has 1 N–H and O–H groups in total. The molecule has 1 aromatic rings. The lowest BCUT2D eigenvalue weighted by Gasteiger charge is -2.24. The van der Waals surface area contributed by atoms with E-state index in [-0.39, 0.29) is 0 Å². The van der Waals surface area contributed by atoms with Gasteiger partial charge in [-0.15, -0.1) is 11.3 Å². The number of thiophene rings is 1. The van der Waals surface area contributed by atoms with E-state index in [1.807, 2.05) is 11.3 Å². The van der Waals surface area contributed by atoms with Crippen molar-refractivity contribution in [2.24, 2.45) is 5.92 Å². The molecule has 0 saturated carbocycles. The molecule has 3 rings (SSSR count). The third-order valence-corrected chi connectivity index (χ3v) is 5.29. The van der Waals surface area contributed by atoms with Crippen molar-refractivity contribution >= 4 is 27.3 Å². The summed E-state index contributed by atoms with van der Waals surface area (Å²) in [7, 11) is 0. The number of likely N-dealkylation sites (tertiary alicyclic amines) is 1. The van der Waals surface area contributed by atoms with Crippen LogP contribution in [-0.2, 0) is 6.54 Å². The molecular weight excluding hydrogens is 284 g/mol. The lowest BCUT2D eigenvalue weighted by Crippen LogP contribution is -2.40. The Morgan fingerprint density at radius 3 is 3.12 bits per heavy atom. The van der Waals surface area contributed by atoms with E-state index in [4.69, 9.17) is 0 Å². The molecule has 1 aromatic heterocycles. The summed E-state index contributed by atoms with van der Waals surface area (Å²) in [4.78, 5) is 4.08. The molecule has 0 amide bonds. The van der Waals surface area contributed by atoms with Crippen molar-refractivity contribution in [3.63, 3.8) is 0 Å². The summed E-state index contributed by atoms with van der Waals surface area (Å²) in [5.74, 6) is 0.900. The number of piperidine rings is 1. The molecule has 2 saturated heterocycles. The molecule has 2 unspecified atom stereocenters. The highest BCUT2D eigenvalue weighted by atomic mass is 79.9. The Balaban J connectivity index is 1.61. The Kier molecular flexibility index (Phi) is 3.34. The van der Waals surface area contributed by atoms with Crippen LogP contribution >= 0.6 is 27.3 Å². The van der Waals surface area contributed by atoms with Crippen LogP contribution in [-0.4, -0.2) is 30.6 Å². The molecule has 0 radical (unpaired) electrons. The van der Waals surface area contributed by atoms with Gasteiger partial charge in [0.1, 0.15) is 0 Å². The third kappa shape index (κ3) is 2.35. The first-order chi connectivity index (χ1) is 7.81. The summed E-state index contributed by atoms with van der Waals surface area (Å²) >= 11 is 5.39. The largest absolute Gasteiger partial charge is 0.312 e. The zero-order valence-corrected chi connectivity index (χ0v) is 11.7. The minimum atomic E-state index is 0.761. The van der Waals surface area contributed by atoms with Gasteiger partial charge in [0.25, 0.3) is 0 Å². The maximum absolute atomic E-state index is 3.65. The second-order valence-electron chi connectivity index (χ2n) is 4.86. The van der Waals surface area contributed by atoms with Crippen LogP contribution in [0, 0.1) is 5.92 Å². The van der Waals surface area contributed by atoms with Gasteiger partial charge in [0.15, 0.2) is 0 Å². The van der Waals surface area contributed by atoms with Crippen LogP contribution in [0.4, 0.5) is 0 Å². The van der Waals surface area contributed by atoms with Gasteiger partial charge < -0.3 is 5.32 Å². The van der Waals surface area contributed by atoms with E-state index in [1.54, 1.807) is 0 Å². The summed E-state index contributed by atoms with van der Waals surface area (Å²) in [5.41, 5.74) is 0. The van der Waals surface area contributed by atoms with Gasteiger partial charge >= 0.3 is 0 Å². The van der Waals surface area contributed by atoms with Gasteiger partial charge in [0.2, 0.25) is 0 Å². The predicted molar refractivity (Wildman–Crippen MR) is 71.8 cm³/mol. The highest BCUT2D eigenvalue weighted by Crippen LogP contribution is 2.28. The monoisotopic (exact) mass is 300 g/mol.